The van der Waals surface area contributed by atoms with Crippen LogP contribution in [0.15, 0.2) is 36.4 Å². The smallest absolute Gasteiger partial charge is 0.338 e. The summed E-state index contributed by atoms with van der Waals surface area (Å²) in [5, 5.41) is 0. The third-order valence-corrected chi connectivity index (χ3v) is 5.27. The first-order chi connectivity index (χ1) is 13.4. The van der Waals surface area contributed by atoms with Gasteiger partial charge in [-0.05, 0) is 31.2 Å². The van der Waals surface area contributed by atoms with Crippen LogP contribution in [0.3, 0.4) is 0 Å². The van der Waals surface area contributed by atoms with E-state index in [9.17, 15) is 19.2 Å². The van der Waals surface area contributed by atoms with Crippen molar-refractivity contribution in [3.05, 3.63) is 42.0 Å². The molecule has 0 N–H and O–H groups in total. The monoisotopic (exact) mass is 385 g/mol. The second-order valence-corrected chi connectivity index (χ2v) is 6.96. The molecule has 0 aromatic heterocycles. The van der Waals surface area contributed by atoms with Gasteiger partial charge in [0.05, 0.1) is 35.8 Å². The van der Waals surface area contributed by atoms with Gasteiger partial charge in [-0.3, -0.25) is 14.4 Å². The second-order valence-electron chi connectivity index (χ2n) is 6.96. The third kappa shape index (κ3) is 2.63. The zero-order valence-electron chi connectivity index (χ0n) is 15.4. The largest absolute Gasteiger partial charge is 0.462 e. The Bertz CT molecular complexity index is 908. The number of esters is 2. The van der Waals surface area contributed by atoms with Crippen LogP contribution in [-0.2, 0) is 28.6 Å². The fourth-order valence-electron chi connectivity index (χ4n) is 4.12. The van der Waals surface area contributed by atoms with Crippen molar-refractivity contribution in [1.29, 1.82) is 0 Å². The van der Waals surface area contributed by atoms with Crippen LogP contribution in [0.4, 0.5) is 5.69 Å². The molecule has 3 heterocycles. The van der Waals surface area contributed by atoms with Gasteiger partial charge in [0.25, 0.3) is 0 Å². The molecular weight excluding hydrogens is 366 g/mol. The van der Waals surface area contributed by atoms with Crippen molar-refractivity contribution < 1.29 is 33.4 Å². The van der Waals surface area contributed by atoms with Crippen molar-refractivity contribution in [3.8, 4) is 0 Å². The van der Waals surface area contributed by atoms with Gasteiger partial charge in [0.15, 0.2) is 0 Å². The van der Waals surface area contributed by atoms with E-state index in [0.29, 0.717) is 5.69 Å². The van der Waals surface area contributed by atoms with Crippen molar-refractivity contribution in [1.82, 2.24) is 0 Å². The second kappa shape index (κ2) is 6.56. The lowest BCUT2D eigenvalue weighted by Gasteiger charge is -2.28. The minimum Gasteiger partial charge on any atom is -0.462 e. The van der Waals surface area contributed by atoms with Gasteiger partial charge in [0.1, 0.15) is 12.2 Å². The molecule has 2 fully saturated rings. The van der Waals surface area contributed by atoms with E-state index in [1.807, 2.05) is 0 Å². The lowest BCUT2D eigenvalue weighted by Crippen LogP contribution is -2.44. The molecule has 0 saturated carbocycles. The minimum absolute atomic E-state index is 0.133. The number of nitrogens with zero attached hydrogens (tertiary/aromatic N) is 1. The predicted molar refractivity (Wildman–Crippen MR) is 95.2 cm³/mol. The van der Waals surface area contributed by atoms with Crippen molar-refractivity contribution in [2.24, 2.45) is 11.8 Å². The Labute approximate surface area is 161 Å². The molecule has 8 nitrogen and oxygen atoms in total. The Morgan fingerprint density at radius 1 is 1.21 bits per heavy atom. The van der Waals surface area contributed by atoms with Crippen LogP contribution in [0, 0.1) is 11.8 Å². The van der Waals surface area contributed by atoms with Crippen molar-refractivity contribution >= 4 is 29.4 Å². The average molecular weight is 385 g/mol. The van der Waals surface area contributed by atoms with Gasteiger partial charge in [0, 0.05) is 6.92 Å². The molecule has 2 bridgehead atoms. The number of fused-ring (bicyclic) bond motifs is 5. The first-order valence-electron chi connectivity index (χ1n) is 9.03. The molecule has 0 radical (unpaired) electrons. The predicted octanol–water partition coefficient (Wildman–Crippen LogP) is 1.24. The summed E-state index contributed by atoms with van der Waals surface area (Å²) in [7, 11) is 0. The highest BCUT2D eigenvalue weighted by Gasteiger charge is 2.68. The summed E-state index contributed by atoms with van der Waals surface area (Å²) in [6, 6.07) is 6.20. The van der Waals surface area contributed by atoms with Gasteiger partial charge in [-0.15, -0.1) is 0 Å². The Kier molecular flexibility index (Phi) is 4.30. The summed E-state index contributed by atoms with van der Waals surface area (Å²) in [6.45, 7) is 3.06. The number of rotatable bonds is 5. The molecule has 3 aliphatic rings. The fourth-order valence-corrected chi connectivity index (χ4v) is 4.12. The van der Waals surface area contributed by atoms with E-state index in [2.05, 4.69) is 0 Å². The topological polar surface area (TPSA) is 99.2 Å². The van der Waals surface area contributed by atoms with Gasteiger partial charge < -0.3 is 14.2 Å². The van der Waals surface area contributed by atoms with Crippen LogP contribution in [0.1, 0.15) is 24.2 Å². The van der Waals surface area contributed by atoms with Gasteiger partial charge >= 0.3 is 11.9 Å². The molecule has 0 spiro atoms. The van der Waals surface area contributed by atoms with Crippen LogP contribution in [0.5, 0.6) is 0 Å². The summed E-state index contributed by atoms with van der Waals surface area (Å²) in [5.41, 5.74) is -0.581. The Hall–Kier alpha value is -3.00. The molecule has 28 heavy (non-hydrogen) atoms. The van der Waals surface area contributed by atoms with Gasteiger partial charge in [-0.2, -0.15) is 0 Å². The minimum atomic E-state index is -1.14. The van der Waals surface area contributed by atoms with Gasteiger partial charge in [0.2, 0.25) is 11.8 Å². The maximum absolute atomic E-state index is 13.2. The summed E-state index contributed by atoms with van der Waals surface area (Å²) in [5.74, 6) is -3.31. The summed E-state index contributed by atoms with van der Waals surface area (Å²) < 4.78 is 15.9. The molecule has 4 atom stereocenters. The normalized spacial score (nSPS) is 29.9. The molecule has 4 rings (SSSR count). The Morgan fingerprint density at radius 3 is 2.71 bits per heavy atom. The first kappa shape index (κ1) is 18.4. The number of carbonyl (C=O) groups is 4. The summed E-state index contributed by atoms with van der Waals surface area (Å²) in [4.78, 5) is 50.5. The fraction of sp³-hybridized carbons (Fsp3) is 0.400. The van der Waals surface area contributed by atoms with E-state index in [-0.39, 0.29) is 18.8 Å². The molecular formula is C20H19NO7. The Balaban J connectivity index is 1.65. The zero-order chi connectivity index (χ0) is 20.1. The standard InChI is InChI=1S/C20H19NO7/c1-3-26-19(25)12-5-4-6-13(9-12)21-17(23)15-14-7-8-20(28-14,10-27-11(2)22)16(15)18(21)24/h4-9,14-16H,3,10H2,1-2H3/t14-,15+,16-,20+/m1/s1. The molecule has 8 heteroatoms. The molecule has 1 aromatic rings. The number of ether oxygens (including phenoxy) is 3. The van der Waals surface area contributed by atoms with Crippen molar-refractivity contribution in [3.63, 3.8) is 0 Å². The quantitative estimate of drug-likeness (QED) is 0.427. The van der Waals surface area contributed by atoms with Crippen molar-refractivity contribution in [2.45, 2.75) is 25.6 Å². The highest BCUT2D eigenvalue weighted by molar-refractivity contribution is 6.23. The summed E-state index contributed by atoms with van der Waals surface area (Å²) >= 11 is 0. The highest BCUT2D eigenvalue weighted by atomic mass is 16.6. The van der Waals surface area contributed by atoms with Crippen LogP contribution < -0.4 is 4.90 Å². The molecule has 3 aliphatic heterocycles. The SMILES string of the molecule is CCOC(=O)c1cccc(N2C(=O)[C@H]3[C@H]4C=C[C@@](COC(C)=O)(O4)[C@H]3C2=O)c1. The van der Waals surface area contributed by atoms with E-state index in [0.717, 1.165) is 4.90 Å². The molecule has 146 valence electrons. The van der Waals surface area contributed by atoms with E-state index in [4.69, 9.17) is 14.2 Å². The highest BCUT2D eigenvalue weighted by Crippen LogP contribution is 2.52. The first-order valence-corrected chi connectivity index (χ1v) is 9.03. The molecule has 0 aliphatic carbocycles. The number of imide groups is 1. The van der Waals surface area contributed by atoms with Crippen molar-refractivity contribution in [2.75, 3.05) is 18.1 Å². The molecule has 0 unspecified atom stereocenters. The van der Waals surface area contributed by atoms with Crippen LogP contribution in [-0.4, -0.2) is 48.7 Å². The number of hydrogen-bond donors (Lipinski definition) is 0. The maximum Gasteiger partial charge on any atom is 0.338 e. The molecule has 1 aromatic carbocycles. The maximum atomic E-state index is 13.2. The number of hydrogen-bond acceptors (Lipinski definition) is 7. The van der Waals surface area contributed by atoms with Crippen LogP contribution in [0.2, 0.25) is 0 Å². The van der Waals surface area contributed by atoms with Gasteiger partial charge in [-0.1, -0.05) is 12.1 Å². The van der Waals surface area contributed by atoms with E-state index >= 15 is 0 Å². The average Bonchev–Trinajstić information content (AvgIpc) is 3.31. The van der Waals surface area contributed by atoms with E-state index in [1.54, 1.807) is 37.3 Å². The molecule has 2 saturated heterocycles. The summed E-state index contributed by atoms with van der Waals surface area (Å²) in [6.07, 6.45) is 2.88. The number of benzene rings is 1. The van der Waals surface area contributed by atoms with E-state index < -0.39 is 47.3 Å². The number of carbonyl (C=O) groups excluding carboxylic acids is 4. The lowest BCUT2D eigenvalue weighted by molar-refractivity contribution is -0.150. The lowest BCUT2D eigenvalue weighted by atomic mass is 9.77. The number of anilines is 1. The Morgan fingerprint density at radius 2 is 2.00 bits per heavy atom. The van der Waals surface area contributed by atoms with Gasteiger partial charge in [-0.25, -0.2) is 9.69 Å². The van der Waals surface area contributed by atoms with Crippen LogP contribution in [0.25, 0.3) is 0 Å². The van der Waals surface area contributed by atoms with Crippen LogP contribution >= 0.6 is 0 Å². The third-order valence-electron chi connectivity index (χ3n) is 5.27. The number of amides is 2. The zero-order valence-corrected chi connectivity index (χ0v) is 15.4. The van der Waals surface area contributed by atoms with E-state index in [1.165, 1.54) is 13.0 Å². The molecule has 2 amide bonds.